The fraction of sp³-hybridized carbons (Fsp3) is 0.316. The molecule has 4 aromatic rings. The van der Waals surface area contributed by atoms with Crippen LogP contribution >= 0.6 is 11.6 Å². The van der Waals surface area contributed by atoms with E-state index in [4.69, 9.17) is 16.3 Å². The molecule has 11 heteroatoms. The lowest BCUT2D eigenvalue weighted by Crippen LogP contribution is -2.55. The summed E-state index contributed by atoms with van der Waals surface area (Å²) in [5, 5.41) is 3.51. The van der Waals surface area contributed by atoms with Gasteiger partial charge in [-0.2, -0.15) is 0 Å². The van der Waals surface area contributed by atoms with Crippen LogP contribution in [0.1, 0.15) is 50.2 Å². The molecular formula is C38H41ClFN3O5S. The first-order valence-electron chi connectivity index (χ1n) is 16.5. The van der Waals surface area contributed by atoms with Crippen LogP contribution in [-0.4, -0.2) is 50.4 Å². The molecule has 0 spiro atoms. The number of amides is 2. The van der Waals surface area contributed by atoms with Gasteiger partial charge in [0.1, 0.15) is 24.2 Å². The molecule has 0 bridgehead atoms. The molecular weight excluding hydrogens is 665 g/mol. The molecule has 0 aromatic heterocycles. The van der Waals surface area contributed by atoms with Crippen LogP contribution < -0.4 is 14.4 Å². The second-order valence-electron chi connectivity index (χ2n) is 12.1. The third-order valence-electron chi connectivity index (χ3n) is 8.64. The highest BCUT2D eigenvalue weighted by molar-refractivity contribution is 7.92. The zero-order valence-electron chi connectivity index (χ0n) is 27.4. The summed E-state index contributed by atoms with van der Waals surface area (Å²) in [6.45, 7) is 1.35. The summed E-state index contributed by atoms with van der Waals surface area (Å²) in [6.07, 6.45) is 4.89. The maximum Gasteiger partial charge on any atom is 0.264 e. The third-order valence-corrected chi connectivity index (χ3v) is 10.7. The van der Waals surface area contributed by atoms with Crippen LogP contribution in [0.15, 0.2) is 108 Å². The van der Waals surface area contributed by atoms with Crippen LogP contribution in [0.3, 0.4) is 0 Å². The van der Waals surface area contributed by atoms with Crippen molar-refractivity contribution in [2.45, 2.75) is 69.0 Å². The zero-order valence-corrected chi connectivity index (χ0v) is 29.0. The number of anilines is 1. The average Bonchev–Trinajstić information content (AvgIpc) is 3.11. The van der Waals surface area contributed by atoms with Gasteiger partial charge in [-0.1, -0.05) is 79.4 Å². The van der Waals surface area contributed by atoms with Crippen molar-refractivity contribution in [3.8, 4) is 5.75 Å². The normalized spacial score (nSPS) is 14.1. The van der Waals surface area contributed by atoms with E-state index in [0.717, 1.165) is 42.0 Å². The monoisotopic (exact) mass is 705 g/mol. The van der Waals surface area contributed by atoms with E-state index in [1.807, 2.05) is 37.3 Å². The Morgan fingerprint density at radius 2 is 1.55 bits per heavy atom. The van der Waals surface area contributed by atoms with Gasteiger partial charge >= 0.3 is 0 Å². The molecule has 1 atom stereocenters. The minimum Gasteiger partial charge on any atom is -0.494 e. The van der Waals surface area contributed by atoms with Crippen molar-refractivity contribution in [3.05, 3.63) is 125 Å². The van der Waals surface area contributed by atoms with Crippen LogP contribution in [0, 0.1) is 5.82 Å². The van der Waals surface area contributed by atoms with Crippen LogP contribution in [0.4, 0.5) is 10.1 Å². The number of benzene rings is 4. The molecule has 0 unspecified atom stereocenters. The van der Waals surface area contributed by atoms with Crippen LogP contribution in [-0.2, 0) is 32.6 Å². The lowest BCUT2D eigenvalue weighted by molar-refractivity contribution is -0.140. The van der Waals surface area contributed by atoms with Crippen LogP contribution in [0.5, 0.6) is 5.75 Å². The summed E-state index contributed by atoms with van der Waals surface area (Å²) in [7, 11) is -4.32. The van der Waals surface area contributed by atoms with Crippen LogP contribution in [0.25, 0.3) is 0 Å². The first-order chi connectivity index (χ1) is 23.7. The second kappa shape index (κ2) is 16.8. The number of sulfonamides is 1. The molecule has 0 aliphatic heterocycles. The minimum atomic E-state index is -4.32. The van der Waals surface area contributed by atoms with Gasteiger partial charge in [0.15, 0.2) is 0 Å². The van der Waals surface area contributed by atoms with Gasteiger partial charge in [0, 0.05) is 29.6 Å². The highest BCUT2D eigenvalue weighted by Crippen LogP contribution is 2.28. The van der Waals surface area contributed by atoms with E-state index in [9.17, 15) is 18.0 Å². The van der Waals surface area contributed by atoms with Gasteiger partial charge in [-0.05, 0) is 79.9 Å². The first-order valence-corrected chi connectivity index (χ1v) is 18.4. The Bertz CT molecular complexity index is 1800. The lowest BCUT2D eigenvalue weighted by atomic mass is 9.94. The van der Waals surface area contributed by atoms with Crippen molar-refractivity contribution in [2.75, 3.05) is 17.5 Å². The van der Waals surface area contributed by atoms with Gasteiger partial charge < -0.3 is 15.0 Å². The highest BCUT2D eigenvalue weighted by Gasteiger charge is 2.36. The van der Waals surface area contributed by atoms with E-state index in [1.165, 1.54) is 35.2 Å². The summed E-state index contributed by atoms with van der Waals surface area (Å²) >= 11 is 6.07. The Labute approximate surface area is 292 Å². The molecule has 1 saturated carbocycles. The molecule has 1 aliphatic carbocycles. The van der Waals surface area contributed by atoms with E-state index < -0.39 is 34.3 Å². The summed E-state index contributed by atoms with van der Waals surface area (Å²) in [4.78, 5) is 30.1. The molecule has 258 valence electrons. The number of hydrogen-bond acceptors (Lipinski definition) is 5. The van der Waals surface area contributed by atoms with E-state index in [1.54, 1.807) is 42.5 Å². The van der Waals surface area contributed by atoms with Crippen molar-refractivity contribution in [1.82, 2.24) is 10.2 Å². The number of rotatable bonds is 14. The third kappa shape index (κ3) is 9.39. The zero-order chi connectivity index (χ0) is 34.8. The molecule has 1 aliphatic rings. The number of ether oxygens (including phenoxy) is 1. The highest BCUT2D eigenvalue weighted by atomic mass is 35.5. The summed E-state index contributed by atoms with van der Waals surface area (Å²) < 4.78 is 50.2. The summed E-state index contributed by atoms with van der Waals surface area (Å²) in [5.74, 6) is -1.04. The van der Waals surface area contributed by atoms with E-state index in [0.29, 0.717) is 17.4 Å². The molecule has 0 heterocycles. The Morgan fingerprint density at radius 3 is 2.20 bits per heavy atom. The van der Waals surface area contributed by atoms with Crippen molar-refractivity contribution < 1.29 is 27.1 Å². The lowest BCUT2D eigenvalue weighted by Gasteiger charge is -2.35. The predicted octanol–water partition coefficient (Wildman–Crippen LogP) is 7.16. The molecule has 1 N–H and O–H groups in total. The molecule has 8 nitrogen and oxygen atoms in total. The smallest absolute Gasteiger partial charge is 0.264 e. The molecule has 4 aromatic carbocycles. The van der Waals surface area contributed by atoms with Crippen LogP contribution in [0.2, 0.25) is 5.02 Å². The van der Waals surface area contributed by atoms with Crippen molar-refractivity contribution in [3.63, 3.8) is 0 Å². The molecule has 0 saturated heterocycles. The molecule has 2 amide bonds. The fourth-order valence-corrected chi connectivity index (χ4v) is 7.59. The van der Waals surface area contributed by atoms with Gasteiger partial charge in [-0.25, -0.2) is 12.8 Å². The maximum atomic E-state index is 15.2. The second-order valence-corrected chi connectivity index (χ2v) is 14.4. The fourth-order valence-electron chi connectivity index (χ4n) is 6.05. The molecule has 49 heavy (non-hydrogen) atoms. The number of nitrogens with one attached hydrogen (secondary N) is 1. The predicted molar refractivity (Wildman–Crippen MR) is 189 cm³/mol. The SMILES string of the molecule is CCOc1ccc(N(CC(=O)N(Cc2ccccc2F)[C@@H](Cc2ccccc2)C(=O)NC2CCCCC2)S(=O)(=O)c2ccc(Cl)cc2)cc1. The molecule has 0 radical (unpaired) electrons. The van der Waals surface area contributed by atoms with Gasteiger partial charge in [0.25, 0.3) is 10.0 Å². The summed E-state index contributed by atoms with van der Waals surface area (Å²) in [5.41, 5.74) is 1.21. The Kier molecular flexibility index (Phi) is 12.3. The topological polar surface area (TPSA) is 96.0 Å². The number of hydrogen-bond donors (Lipinski definition) is 1. The average molecular weight is 706 g/mol. The maximum absolute atomic E-state index is 15.2. The van der Waals surface area contributed by atoms with E-state index in [-0.39, 0.29) is 41.1 Å². The minimum absolute atomic E-state index is 0.0458. The van der Waals surface area contributed by atoms with Crippen molar-refractivity contribution in [1.29, 1.82) is 0 Å². The summed E-state index contributed by atoms with van der Waals surface area (Å²) in [6, 6.07) is 26.3. The quantitative estimate of drug-likeness (QED) is 0.150. The molecule has 5 rings (SSSR count). The van der Waals surface area contributed by atoms with E-state index in [2.05, 4.69) is 5.32 Å². The van der Waals surface area contributed by atoms with E-state index >= 15 is 4.39 Å². The largest absolute Gasteiger partial charge is 0.494 e. The Hall–Kier alpha value is -4.41. The molecule has 1 fully saturated rings. The van der Waals surface area contributed by atoms with Crippen molar-refractivity contribution >= 4 is 39.1 Å². The van der Waals surface area contributed by atoms with Crippen molar-refractivity contribution in [2.24, 2.45) is 0 Å². The Balaban J connectivity index is 1.57. The van der Waals surface area contributed by atoms with Gasteiger partial charge in [-0.15, -0.1) is 0 Å². The van der Waals surface area contributed by atoms with Gasteiger partial charge in [0.05, 0.1) is 17.2 Å². The number of halogens is 2. The van der Waals surface area contributed by atoms with Gasteiger partial charge in [-0.3, -0.25) is 13.9 Å². The standard InChI is InChI=1S/C38H41ClFN3O5S/c1-2-48-33-21-19-32(20-22-33)43(49(46,47)34-23-17-30(39)18-24-34)27-37(44)42(26-29-13-9-10-16-35(29)40)36(25-28-11-5-3-6-12-28)38(45)41-31-14-7-4-8-15-31/h3,5-6,9-13,16-24,31,36H,2,4,7-8,14-15,25-27H2,1H3,(H,41,45)/t36-/m0/s1. The van der Waals surface area contributed by atoms with Gasteiger partial charge in [0.2, 0.25) is 11.8 Å². The number of carbonyl (C=O) groups excluding carboxylic acids is 2. The first kappa shape index (κ1) is 35.9. The number of carbonyl (C=O) groups is 2. The Morgan fingerprint density at radius 1 is 0.898 bits per heavy atom. The number of nitrogens with zero attached hydrogens (tertiary/aromatic N) is 2.